The van der Waals surface area contributed by atoms with E-state index in [9.17, 15) is 0 Å². The van der Waals surface area contributed by atoms with Crippen molar-refractivity contribution in [1.29, 1.82) is 5.26 Å². The van der Waals surface area contributed by atoms with Crippen LogP contribution >= 0.6 is 22.9 Å². The second-order valence-corrected chi connectivity index (χ2v) is 5.46. The van der Waals surface area contributed by atoms with Crippen molar-refractivity contribution in [2.75, 3.05) is 25.5 Å². The van der Waals surface area contributed by atoms with Gasteiger partial charge in [0.25, 0.3) is 0 Å². The van der Waals surface area contributed by atoms with Gasteiger partial charge in [0.1, 0.15) is 10.9 Å². The number of hydrogen-bond acceptors (Lipinski definition) is 5. The minimum absolute atomic E-state index is 0.291. The van der Waals surface area contributed by atoms with Crippen LogP contribution in [0.2, 0.25) is 5.15 Å². The molecule has 0 unspecified atom stereocenters. The Hall–Kier alpha value is -0.830. The molecule has 0 radical (unpaired) electrons. The molecule has 1 N–H and O–H groups in total. The van der Waals surface area contributed by atoms with Gasteiger partial charge < -0.3 is 10.2 Å². The summed E-state index contributed by atoms with van der Waals surface area (Å²) < 4.78 is 0. The smallest absolute Gasteiger partial charge is 0.185 e. The van der Waals surface area contributed by atoms with E-state index in [1.54, 1.807) is 0 Å². The topological polar surface area (TPSA) is 52.0 Å². The molecule has 1 heterocycles. The maximum absolute atomic E-state index is 8.74. The first kappa shape index (κ1) is 14.2. The number of nitrogens with one attached hydrogen (secondary N) is 1. The van der Waals surface area contributed by atoms with Gasteiger partial charge >= 0.3 is 0 Å². The lowest BCUT2D eigenvalue weighted by molar-refractivity contribution is 0.273. The molecule has 1 rings (SSSR count). The van der Waals surface area contributed by atoms with E-state index in [0.717, 1.165) is 24.6 Å². The summed E-state index contributed by atoms with van der Waals surface area (Å²) in [5.74, 6) is 0. The Morgan fingerprint density at radius 2 is 2.29 bits per heavy atom. The first-order chi connectivity index (χ1) is 8.04. The number of anilines is 1. The highest BCUT2D eigenvalue weighted by molar-refractivity contribution is 7.16. The van der Waals surface area contributed by atoms with E-state index in [0.29, 0.717) is 16.1 Å². The van der Waals surface area contributed by atoms with Crippen molar-refractivity contribution in [2.45, 2.75) is 26.3 Å². The van der Waals surface area contributed by atoms with Crippen molar-refractivity contribution in [1.82, 2.24) is 9.88 Å². The van der Waals surface area contributed by atoms with E-state index >= 15 is 0 Å². The fourth-order valence-electron chi connectivity index (χ4n) is 1.23. The molecule has 4 nitrogen and oxygen atoms in total. The Balaban J connectivity index is 2.29. The number of nitrogens with zero attached hydrogens (tertiary/aromatic N) is 3. The van der Waals surface area contributed by atoms with Gasteiger partial charge in [0.15, 0.2) is 10.3 Å². The van der Waals surface area contributed by atoms with Gasteiger partial charge in [0.2, 0.25) is 0 Å². The molecular formula is C11H17ClN4S. The molecule has 0 spiro atoms. The van der Waals surface area contributed by atoms with Gasteiger partial charge in [-0.2, -0.15) is 5.26 Å². The van der Waals surface area contributed by atoms with Crippen LogP contribution in [0.3, 0.4) is 0 Å². The highest BCUT2D eigenvalue weighted by Gasteiger charge is 2.08. The molecular weight excluding hydrogens is 256 g/mol. The minimum atomic E-state index is 0.291. The summed E-state index contributed by atoms with van der Waals surface area (Å²) in [6.07, 6.45) is 1.04. The lowest BCUT2D eigenvalue weighted by Gasteiger charge is -2.20. The monoisotopic (exact) mass is 272 g/mol. The average molecular weight is 273 g/mol. The van der Waals surface area contributed by atoms with Gasteiger partial charge in [0.05, 0.1) is 0 Å². The van der Waals surface area contributed by atoms with Crippen LogP contribution in [-0.4, -0.2) is 36.1 Å². The SMILES string of the molecule is CC(C)N(C)CCCNc1nc(Cl)c(C#N)s1. The van der Waals surface area contributed by atoms with Gasteiger partial charge in [-0.25, -0.2) is 4.98 Å². The van der Waals surface area contributed by atoms with E-state index < -0.39 is 0 Å². The summed E-state index contributed by atoms with van der Waals surface area (Å²) >= 11 is 7.07. The zero-order chi connectivity index (χ0) is 12.8. The van der Waals surface area contributed by atoms with Crippen LogP contribution in [0.15, 0.2) is 0 Å². The molecule has 0 aromatic carbocycles. The molecule has 6 heteroatoms. The normalized spacial score (nSPS) is 10.9. The summed E-state index contributed by atoms with van der Waals surface area (Å²) in [4.78, 5) is 6.83. The number of halogens is 1. The maximum Gasteiger partial charge on any atom is 0.185 e. The number of nitriles is 1. The zero-order valence-electron chi connectivity index (χ0n) is 10.3. The predicted octanol–water partition coefficient (Wildman–Crippen LogP) is 2.81. The third-order valence-corrected chi connectivity index (χ3v) is 3.84. The van der Waals surface area contributed by atoms with Crippen LogP contribution in [0, 0.1) is 11.3 Å². The fourth-order valence-corrected chi connectivity index (χ4v) is 2.20. The molecule has 0 saturated heterocycles. The van der Waals surface area contributed by atoms with Gasteiger partial charge in [0, 0.05) is 12.6 Å². The van der Waals surface area contributed by atoms with Crippen LogP contribution in [0.5, 0.6) is 0 Å². The van der Waals surface area contributed by atoms with Gasteiger partial charge in [-0.15, -0.1) is 0 Å². The molecule has 1 aromatic rings. The maximum atomic E-state index is 8.74. The highest BCUT2D eigenvalue weighted by Crippen LogP contribution is 2.25. The Morgan fingerprint density at radius 3 is 2.82 bits per heavy atom. The van der Waals surface area contributed by atoms with Crippen LogP contribution in [0.25, 0.3) is 0 Å². The van der Waals surface area contributed by atoms with Crippen molar-refractivity contribution >= 4 is 28.1 Å². The molecule has 0 atom stereocenters. The van der Waals surface area contributed by atoms with Crippen molar-refractivity contribution in [3.63, 3.8) is 0 Å². The molecule has 0 aliphatic rings. The number of thiazole rings is 1. The Kier molecular flexibility index (Phi) is 5.69. The molecule has 0 amide bonds. The van der Waals surface area contributed by atoms with Crippen LogP contribution in [0.1, 0.15) is 25.1 Å². The number of hydrogen-bond donors (Lipinski definition) is 1. The molecule has 0 aliphatic carbocycles. The molecule has 94 valence electrons. The van der Waals surface area contributed by atoms with Gasteiger partial charge in [-0.1, -0.05) is 22.9 Å². The third kappa shape index (κ3) is 4.50. The summed E-state index contributed by atoms with van der Waals surface area (Å²) in [7, 11) is 2.11. The molecule has 0 saturated carbocycles. The van der Waals surface area contributed by atoms with Crippen molar-refractivity contribution in [3.8, 4) is 6.07 Å². The minimum Gasteiger partial charge on any atom is -0.361 e. The van der Waals surface area contributed by atoms with Crippen LogP contribution < -0.4 is 5.32 Å². The van der Waals surface area contributed by atoms with Gasteiger partial charge in [-0.05, 0) is 33.9 Å². The summed E-state index contributed by atoms with van der Waals surface area (Å²) in [6.45, 7) is 6.22. The second kappa shape index (κ2) is 6.80. The lowest BCUT2D eigenvalue weighted by Crippen LogP contribution is -2.28. The van der Waals surface area contributed by atoms with E-state index in [1.807, 2.05) is 6.07 Å². The van der Waals surface area contributed by atoms with Crippen LogP contribution in [0.4, 0.5) is 5.13 Å². The Bertz CT molecular complexity index is 397. The van der Waals surface area contributed by atoms with E-state index in [-0.39, 0.29) is 0 Å². The molecule has 17 heavy (non-hydrogen) atoms. The van der Waals surface area contributed by atoms with Gasteiger partial charge in [-0.3, -0.25) is 0 Å². The summed E-state index contributed by atoms with van der Waals surface area (Å²) in [5.41, 5.74) is 0. The molecule has 0 aliphatic heterocycles. The molecule has 1 aromatic heterocycles. The van der Waals surface area contributed by atoms with E-state index in [4.69, 9.17) is 16.9 Å². The first-order valence-corrected chi connectivity index (χ1v) is 6.74. The third-order valence-electron chi connectivity index (χ3n) is 2.53. The Morgan fingerprint density at radius 1 is 1.59 bits per heavy atom. The Labute approximate surface area is 111 Å². The molecule has 0 bridgehead atoms. The second-order valence-electron chi connectivity index (χ2n) is 4.11. The number of aromatic nitrogens is 1. The quantitative estimate of drug-likeness (QED) is 0.809. The standard InChI is InChI=1S/C11H17ClN4S/c1-8(2)16(3)6-4-5-14-11-15-10(12)9(7-13)17-11/h8H,4-6H2,1-3H3,(H,14,15). The summed E-state index contributed by atoms with van der Waals surface area (Å²) in [5, 5.41) is 12.9. The highest BCUT2D eigenvalue weighted by atomic mass is 35.5. The average Bonchev–Trinajstić information content (AvgIpc) is 2.64. The van der Waals surface area contributed by atoms with Crippen LogP contribution in [-0.2, 0) is 0 Å². The fraction of sp³-hybridized carbons (Fsp3) is 0.636. The lowest BCUT2D eigenvalue weighted by atomic mass is 10.3. The van der Waals surface area contributed by atoms with Crippen molar-refractivity contribution in [2.24, 2.45) is 0 Å². The van der Waals surface area contributed by atoms with E-state index in [2.05, 4.69) is 36.1 Å². The zero-order valence-corrected chi connectivity index (χ0v) is 11.9. The summed E-state index contributed by atoms with van der Waals surface area (Å²) in [6, 6.07) is 2.58. The predicted molar refractivity (Wildman–Crippen MR) is 72.7 cm³/mol. The van der Waals surface area contributed by atoms with Crippen molar-refractivity contribution in [3.05, 3.63) is 10.0 Å². The largest absolute Gasteiger partial charge is 0.361 e. The number of rotatable bonds is 6. The van der Waals surface area contributed by atoms with E-state index in [1.165, 1.54) is 11.3 Å². The molecule has 0 fully saturated rings. The first-order valence-electron chi connectivity index (χ1n) is 5.55. The van der Waals surface area contributed by atoms with Crippen molar-refractivity contribution < 1.29 is 0 Å².